The standard InChI is InChI=1S/C32H31F2N7O4/c1-31(2,3)45-27(42)18-39-10-12-40(13-11-39)32(8-9-32)30-36-16-20(17-37-30)41-19-38-26-7-4-21(14-22(26)29(41)43)44-28-23(15-35)24(33)5-6-25(28)34/h4-7,14,16-17,19H,8-13,18H2,1-3H3. The molecule has 3 heterocycles. The predicted molar refractivity (Wildman–Crippen MR) is 159 cm³/mol. The number of hydrogen-bond donors (Lipinski definition) is 0. The minimum atomic E-state index is -0.921. The van der Waals surface area contributed by atoms with E-state index in [9.17, 15) is 23.6 Å². The Balaban J connectivity index is 1.18. The smallest absolute Gasteiger partial charge is 0.320 e. The maximum absolute atomic E-state index is 14.4. The van der Waals surface area contributed by atoms with Gasteiger partial charge < -0.3 is 9.47 Å². The summed E-state index contributed by atoms with van der Waals surface area (Å²) in [6, 6.07) is 7.65. The van der Waals surface area contributed by atoms with Crippen molar-refractivity contribution in [2.45, 2.75) is 44.8 Å². The lowest BCUT2D eigenvalue weighted by molar-refractivity contribution is -0.156. The normalized spacial score (nSPS) is 16.7. The van der Waals surface area contributed by atoms with Crippen molar-refractivity contribution in [2.75, 3.05) is 32.7 Å². The zero-order valence-corrected chi connectivity index (χ0v) is 25.1. The Morgan fingerprint density at radius 3 is 2.36 bits per heavy atom. The van der Waals surface area contributed by atoms with Gasteiger partial charge in [-0.1, -0.05) is 0 Å². The van der Waals surface area contributed by atoms with E-state index in [4.69, 9.17) is 9.47 Å². The van der Waals surface area contributed by atoms with Crippen molar-refractivity contribution in [3.63, 3.8) is 0 Å². The highest BCUT2D eigenvalue weighted by Crippen LogP contribution is 2.49. The van der Waals surface area contributed by atoms with Gasteiger partial charge in [-0.25, -0.2) is 23.7 Å². The average molecular weight is 616 g/mol. The Morgan fingerprint density at radius 1 is 1.02 bits per heavy atom. The second-order valence-electron chi connectivity index (χ2n) is 12.2. The van der Waals surface area contributed by atoms with E-state index in [-0.39, 0.29) is 29.2 Å². The van der Waals surface area contributed by atoms with Crippen LogP contribution >= 0.6 is 0 Å². The zero-order valence-electron chi connectivity index (χ0n) is 25.1. The van der Waals surface area contributed by atoms with E-state index in [2.05, 4.69) is 24.8 Å². The first-order chi connectivity index (χ1) is 21.5. The molecule has 45 heavy (non-hydrogen) atoms. The number of nitrogens with zero attached hydrogens (tertiary/aromatic N) is 7. The Bertz CT molecular complexity index is 1870. The molecular weight excluding hydrogens is 584 g/mol. The quantitative estimate of drug-likeness (QED) is 0.281. The first-order valence-electron chi connectivity index (χ1n) is 14.6. The third kappa shape index (κ3) is 6.11. The van der Waals surface area contributed by atoms with E-state index in [1.807, 2.05) is 20.8 Å². The van der Waals surface area contributed by atoms with Crippen LogP contribution in [0.2, 0.25) is 0 Å². The van der Waals surface area contributed by atoms with Gasteiger partial charge in [-0.05, 0) is 63.9 Å². The molecule has 1 aliphatic carbocycles. The molecule has 13 heteroatoms. The molecule has 2 aromatic carbocycles. The van der Waals surface area contributed by atoms with Crippen LogP contribution in [0.25, 0.3) is 16.6 Å². The van der Waals surface area contributed by atoms with Gasteiger partial charge in [-0.15, -0.1) is 0 Å². The van der Waals surface area contributed by atoms with E-state index in [1.54, 1.807) is 18.5 Å². The van der Waals surface area contributed by atoms with E-state index in [1.165, 1.54) is 29.1 Å². The van der Waals surface area contributed by atoms with Crippen molar-refractivity contribution >= 4 is 16.9 Å². The molecule has 0 atom stereocenters. The van der Waals surface area contributed by atoms with Gasteiger partial charge in [0.05, 0.1) is 41.1 Å². The fourth-order valence-electron chi connectivity index (χ4n) is 5.58. The van der Waals surface area contributed by atoms with Crippen LogP contribution in [0, 0.1) is 23.0 Å². The van der Waals surface area contributed by atoms with E-state index >= 15 is 0 Å². The molecule has 2 fully saturated rings. The minimum absolute atomic E-state index is 0.0358. The molecular formula is C32H31F2N7O4. The highest BCUT2D eigenvalue weighted by Gasteiger charge is 2.52. The molecule has 11 nitrogen and oxygen atoms in total. The number of rotatable bonds is 7. The third-order valence-corrected chi connectivity index (χ3v) is 7.93. The lowest BCUT2D eigenvalue weighted by Gasteiger charge is -2.39. The topological polar surface area (TPSA) is 126 Å². The van der Waals surface area contributed by atoms with E-state index in [0.29, 0.717) is 17.0 Å². The second-order valence-corrected chi connectivity index (χ2v) is 12.2. The summed E-state index contributed by atoms with van der Waals surface area (Å²) in [5.74, 6) is -1.92. The molecule has 0 amide bonds. The van der Waals surface area contributed by atoms with Crippen LogP contribution in [0.15, 0.2) is 53.8 Å². The highest BCUT2D eigenvalue weighted by molar-refractivity contribution is 5.79. The number of hydrogen-bond acceptors (Lipinski definition) is 10. The van der Waals surface area contributed by atoms with Crippen molar-refractivity contribution in [1.82, 2.24) is 29.3 Å². The van der Waals surface area contributed by atoms with Gasteiger partial charge in [0.2, 0.25) is 0 Å². The van der Waals surface area contributed by atoms with E-state index in [0.717, 1.165) is 51.2 Å². The number of ether oxygens (including phenoxy) is 2. The van der Waals surface area contributed by atoms with Crippen LogP contribution in [0.5, 0.6) is 11.5 Å². The van der Waals surface area contributed by atoms with Crippen molar-refractivity contribution in [2.24, 2.45) is 0 Å². The second kappa shape index (κ2) is 11.6. The SMILES string of the molecule is CC(C)(C)OC(=O)CN1CCN(C2(c3ncc(-n4cnc5ccc(Oc6c(F)ccc(F)c6C#N)cc5c4=O)cn3)CC2)CC1. The average Bonchev–Trinajstić information content (AvgIpc) is 3.81. The first-order valence-corrected chi connectivity index (χ1v) is 14.6. The van der Waals surface area contributed by atoms with Gasteiger partial charge in [-0.3, -0.25) is 24.0 Å². The Hall–Kier alpha value is -4.80. The fourth-order valence-corrected chi connectivity index (χ4v) is 5.58. The van der Waals surface area contributed by atoms with Gasteiger partial charge in [0.15, 0.2) is 11.6 Å². The number of benzene rings is 2. The monoisotopic (exact) mass is 615 g/mol. The van der Waals surface area contributed by atoms with Crippen molar-refractivity contribution in [3.05, 3.63) is 82.4 Å². The Kier molecular flexibility index (Phi) is 7.80. The lowest BCUT2D eigenvalue weighted by atomic mass is 10.1. The minimum Gasteiger partial charge on any atom is -0.459 e. The lowest BCUT2D eigenvalue weighted by Crippen LogP contribution is -2.52. The number of esters is 1. The summed E-state index contributed by atoms with van der Waals surface area (Å²) in [7, 11) is 0. The van der Waals surface area contributed by atoms with Crippen LogP contribution < -0.4 is 10.3 Å². The number of nitriles is 1. The molecule has 0 radical (unpaired) electrons. The van der Waals surface area contributed by atoms with E-state index < -0.39 is 34.1 Å². The molecule has 0 spiro atoms. The van der Waals surface area contributed by atoms with Gasteiger partial charge in [0.1, 0.15) is 41.0 Å². The molecule has 2 aliphatic rings. The molecule has 0 N–H and O–H groups in total. The maximum atomic E-state index is 14.4. The number of fused-ring (bicyclic) bond motifs is 1. The first kappa shape index (κ1) is 30.2. The van der Waals surface area contributed by atoms with Gasteiger partial charge >= 0.3 is 5.97 Å². The zero-order chi connectivity index (χ0) is 31.9. The molecule has 2 aromatic heterocycles. The van der Waals surface area contributed by atoms with Crippen molar-refractivity contribution < 1.29 is 23.0 Å². The Labute approximate surface area is 257 Å². The van der Waals surface area contributed by atoms with Gasteiger partial charge in [0.25, 0.3) is 5.56 Å². The number of piperazine rings is 1. The fraction of sp³-hybridized carbons (Fsp3) is 0.375. The maximum Gasteiger partial charge on any atom is 0.320 e. The summed E-state index contributed by atoms with van der Waals surface area (Å²) >= 11 is 0. The molecule has 232 valence electrons. The third-order valence-electron chi connectivity index (χ3n) is 7.93. The van der Waals surface area contributed by atoms with Crippen LogP contribution in [-0.4, -0.2) is 73.6 Å². The molecule has 6 rings (SSSR count). The number of carbonyl (C=O) groups excluding carboxylic acids is 1. The number of halogens is 2. The largest absolute Gasteiger partial charge is 0.459 e. The molecule has 1 saturated heterocycles. The van der Waals surface area contributed by atoms with Gasteiger partial charge in [-0.2, -0.15) is 5.26 Å². The van der Waals surface area contributed by atoms with Crippen LogP contribution in [0.4, 0.5) is 8.78 Å². The molecule has 4 aromatic rings. The number of aromatic nitrogens is 4. The van der Waals surface area contributed by atoms with Crippen molar-refractivity contribution in [3.8, 4) is 23.3 Å². The van der Waals surface area contributed by atoms with Crippen LogP contribution in [-0.2, 0) is 15.1 Å². The summed E-state index contributed by atoms with van der Waals surface area (Å²) in [4.78, 5) is 43.8. The number of carbonyl (C=O) groups is 1. The molecule has 0 bridgehead atoms. The van der Waals surface area contributed by atoms with Crippen molar-refractivity contribution in [1.29, 1.82) is 5.26 Å². The molecule has 1 saturated carbocycles. The summed E-state index contributed by atoms with van der Waals surface area (Å²) < 4.78 is 40.7. The summed E-state index contributed by atoms with van der Waals surface area (Å²) in [5, 5.41) is 9.43. The van der Waals surface area contributed by atoms with Crippen LogP contribution in [0.1, 0.15) is 45.0 Å². The summed E-state index contributed by atoms with van der Waals surface area (Å²) in [6.07, 6.45) is 6.37. The molecule has 1 aliphatic heterocycles. The predicted octanol–water partition coefficient (Wildman–Crippen LogP) is 4.07. The summed E-state index contributed by atoms with van der Waals surface area (Å²) in [5.41, 5.74) is -1.03. The van der Waals surface area contributed by atoms with Crippen LogP contribution in [0.3, 0.4) is 0 Å². The summed E-state index contributed by atoms with van der Waals surface area (Å²) in [6.45, 7) is 8.82. The Morgan fingerprint density at radius 2 is 1.71 bits per heavy atom. The highest BCUT2D eigenvalue weighted by atomic mass is 19.1. The molecule has 0 unspecified atom stereocenters. The van der Waals surface area contributed by atoms with Gasteiger partial charge in [0, 0.05) is 26.2 Å².